The van der Waals surface area contributed by atoms with E-state index in [1.54, 1.807) is 0 Å². The van der Waals surface area contributed by atoms with Crippen molar-refractivity contribution >= 4 is 23.9 Å². The van der Waals surface area contributed by atoms with E-state index >= 15 is 0 Å². The van der Waals surface area contributed by atoms with Gasteiger partial charge in [-0.25, -0.2) is 0 Å². The first-order chi connectivity index (χ1) is 8.33. The van der Waals surface area contributed by atoms with Crippen LogP contribution in [0.25, 0.3) is 0 Å². The van der Waals surface area contributed by atoms with Crippen molar-refractivity contribution < 1.29 is 0 Å². The van der Waals surface area contributed by atoms with Crippen LogP contribution in [0.15, 0.2) is 23.2 Å². The zero-order chi connectivity index (χ0) is 11.7. The van der Waals surface area contributed by atoms with Gasteiger partial charge in [0, 0.05) is 18.2 Å². The molecule has 1 N–H and O–H groups in total. The molecule has 0 amide bonds. The molecular formula is C15H21ClN2. The molecule has 0 saturated carbocycles. The van der Waals surface area contributed by atoms with Gasteiger partial charge in [-0.2, -0.15) is 0 Å². The Hall–Kier alpha value is -1.02. The fourth-order valence-corrected chi connectivity index (χ4v) is 2.89. The molecule has 0 saturated heterocycles. The normalized spacial score (nSPS) is 21.8. The molecule has 98 valence electrons. The predicted molar refractivity (Wildman–Crippen MR) is 80.1 cm³/mol. The average Bonchev–Trinajstić information content (AvgIpc) is 2.75. The Kier molecular flexibility index (Phi) is 4.28. The number of hydrogen-bond donors (Lipinski definition) is 1. The molecule has 1 aliphatic carbocycles. The van der Waals surface area contributed by atoms with Gasteiger partial charge in [0.25, 0.3) is 0 Å². The highest BCUT2D eigenvalue weighted by molar-refractivity contribution is 5.97. The molecule has 0 aromatic heterocycles. The SMILES string of the molecule is CC1CCC(Nc2cccc3c2CCCC3)=N1.Cl. The van der Waals surface area contributed by atoms with Gasteiger partial charge in [0.05, 0.1) is 0 Å². The zero-order valence-corrected chi connectivity index (χ0v) is 11.7. The number of benzene rings is 1. The number of halogens is 1. The van der Waals surface area contributed by atoms with Crippen LogP contribution in [0.2, 0.25) is 0 Å². The molecule has 0 bridgehead atoms. The Morgan fingerprint density at radius 2 is 2.00 bits per heavy atom. The lowest BCUT2D eigenvalue weighted by atomic mass is 9.90. The maximum atomic E-state index is 4.64. The van der Waals surface area contributed by atoms with Crippen LogP contribution in [-0.4, -0.2) is 11.9 Å². The van der Waals surface area contributed by atoms with Gasteiger partial charge in [-0.15, -0.1) is 12.4 Å². The van der Waals surface area contributed by atoms with E-state index in [0.29, 0.717) is 6.04 Å². The van der Waals surface area contributed by atoms with Crippen molar-refractivity contribution in [2.75, 3.05) is 5.32 Å². The summed E-state index contributed by atoms with van der Waals surface area (Å²) < 4.78 is 0. The number of fused-ring (bicyclic) bond motifs is 1. The first-order valence-corrected chi connectivity index (χ1v) is 6.77. The summed E-state index contributed by atoms with van der Waals surface area (Å²) in [6.07, 6.45) is 7.43. The summed E-state index contributed by atoms with van der Waals surface area (Å²) in [4.78, 5) is 4.64. The third kappa shape index (κ3) is 2.69. The van der Waals surface area contributed by atoms with Crippen LogP contribution >= 0.6 is 12.4 Å². The van der Waals surface area contributed by atoms with Crippen LogP contribution in [0.4, 0.5) is 5.69 Å². The number of anilines is 1. The summed E-state index contributed by atoms with van der Waals surface area (Å²) in [5, 5.41) is 3.55. The monoisotopic (exact) mass is 264 g/mol. The van der Waals surface area contributed by atoms with E-state index in [4.69, 9.17) is 0 Å². The summed E-state index contributed by atoms with van der Waals surface area (Å²) in [6, 6.07) is 7.15. The Bertz CT molecular complexity index is 454. The first kappa shape index (κ1) is 13.4. The highest BCUT2D eigenvalue weighted by Crippen LogP contribution is 2.28. The highest BCUT2D eigenvalue weighted by atomic mass is 35.5. The number of nitrogens with zero attached hydrogens (tertiary/aromatic N) is 1. The summed E-state index contributed by atoms with van der Waals surface area (Å²) in [6.45, 7) is 2.19. The molecular weight excluding hydrogens is 244 g/mol. The van der Waals surface area contributed by atoms with Crippen molar-refractivity contribution in [2.24, 2.45) is 4.99 Å². The quantitative estimate of drug-likeness (QED) is 0.815. The molecule has 1 aromatic carbocycles. The number of hydrogen-bond acceptors (Lipinski definition) is 2. The molecule has 0 fully saturated rings. The van der Waals surface area contributed by atoms with Gasteiger partial charge in [0.2, 0.25) is 0 Å². The molecule has 3 rings (SSSR count). The summed E-state index contributed by atoms with van der Waals surface area (Å²) in [7, 11) is 0. The van der Waals surface area contributed by atoms with Gasteiger partial charge in [-0.05, 0) is 56.2 Å². The molecule has 1 heterocycles. The molecule has 1 aliphatic heterocycles. The average molecular weight is 265 g/mol. The van der Waals surface area contributed by atoms with E-state index in [9.17, 15) is 0 Å². The molecule has 18 heavy (non-hydrogen) atoms. The highest BCUT2D eigenvalue weighted by Gasteiger charge is 2.16. The third-order valence-electron chi connectivity index (χ3n) is 3.85. The van der Waals surface area contributed by atoms with Crippen LogP contribution < -0.4 is 5.32 Å². The van der Waals surface area contributed by atoms with Crippen LogP contribution in [0.5, 0.6) is 0 Å². The van der Waals surface area contributed by atoms with E-state index in [0.717, 1.165) is 6.42 Å². The largest absolute Gasteiger partial charge is 0.344 e. The van der Waals surface area contributed by atoms with E-state index in [1.165, 1.54) is 54.8 Å². The molecule has 1 unspecified atom stereocenters. The maximum Gasteiger partial charge on any atom is 0.101 e. The van der Waals surface area contributed by atoms with Gasteiger partial charge < -0.3 is 5.32 Å². The van der Waals surface area contributed by atoms with Crippen molar-refractivity contribution in [3.8, 4) is 0 Å². The predicted octanol–water partition coefficient (Wildman–Crippen LogP) is 3.98. The Morgan fingerprint density at radius 1 is 1.17 bits per heavy atom. The van der Waals surface area contributed by atoms with Crippen molar-refractivity contribution in [3.05, 3.63) is 29.3 Å². The van der Waals surface area contributed by atoms with Crippen LogP contribution in [-0.2, 0) is 12.8 Å². The van der Waals surface area contributed by atoms with Crippen molar-refractivity contribution in [1.82, 2.24) is 0 Å². The number of rotatable bonds is 1. The van der Waals surface area contributed by atoms with E-state index < -0.39 is 0 Å². The standard InChI is InChI=1S/C15H20N2.ClH/c1-11-9-10-15(16-11)17-14-8-4-6-12-5-2-3-7-13(12)14;/h4,6,8,11H,2-3,5,7,9-10H2,1H3,(H,16,17);1H. The first-order valence-electron chi connectivity index (χ1n) is 6.77. The minimum Gasteiger partial charge on any atom is -0.344 e. The topological polar surface area (TPSA) is 24.4 Å². The molecule has 1 aromatic rings. The van der Waals surface area contributed by atoms with E-state index in [-0.39, 0.29) is 12.4 Å². The third-order valence-corrected chi connectivity index (χ3v) is 3.85. The second-order valence-electron chi connectivity index (χ2n) is 5.24. The summed E-state index contributed by atoms with van der Waals surface area (Å²) in [5.41, 5.74) is 4.36. The van der Waals surface area contributed by atoms with Crippen LogP contribution in [0, 0.1) is 0 Å². The van der Waals surface area contributed by atoms with Crippen LogP contribution in [0.1, 0.15) is 43.7 Å². The minimum atomic E-state index is 0. The fourth-order valence-electron chi connectivity index (χ4n) is 2.89. The summed E-state index contributed by atoms with van der Waals surface area (Å²) >= 11 is 0. The lowest BCUT2D eigenvalue weighted by Crippen LogP contribution is -2.13. The zero-order valence-electron chi connectivity index (χ0n) is 10.9. The Morgan fingerprint density at radius 3 is 2.78 bits per heavy atom. The smallest absolute Gasteiger partial charge is 0.101 e. The van der Waals surface area contributed by atoms with Gasteiger partial charge >= 0.3 is 0 Å². The molecule has 0 radical (unpaired) electrons. The molecule has 3 heteroatoms. The second kappa shape index (κ2) is 5.75. The number of amidine groups is 1. The van der Waals surface area contributed by atoms with Crippen molar-refractivity contribution in [3.63, 3.8) is 0 Å². The Labute approximate surface area is 115 Å². The second-order valence-corrected chi connectivity index (χ2v) is 5.24. The van der Waals surface area contributed by atoms with Crippen molar-refractivity contribution in [1.29, 1.82) is 0 Å². The minimum absolute atomic E-state index is 0. The van der Waals surface area contributed by atoms with Gasteiger partial charge in [-0.1, -0.05) is 12.1 Å². The van der Waals surface area contributed by atoms with Gasteiger partial charge in [0.1, 0.15) is 5.84 Å². The Balaban J connectivity index is 0.00000120. The molecule has 2 aliphatic rings. The van der Waals surface area contributed by atoms with Gasteiger partial charge in [-0.3, -0.25) is 4.99 Å². The lowest BCUT2D eigenvalue weighted by Gasteiger charge is -2.20. The number of aliphatic imine (C=N–C) groups is 1. The van der Waals surface area contributed by atoms with E-state index in [1.807, 2.05) is 0 Å². The molecule has 0 spiro atoms. The van der Waals surface area contributed by atoms with Gasteiger partial charge in [0.15, 0.2) is 0 Å². The number of aryl methyl sites for hydroxylation is 1. The van der Waals surface area contributed by atoms with Crippen LogP contribution in [0.3, 0.4) is 0 Å². The lowest BCUT2D eigenvalue weighted by molar-refractivity contribution is 0.687. The maximum absolute atomic E-state index is 4.64. The van der Waals surface area contributed by atoms with Crippen molar-refractivity contribution in [2.45, 2.75) is 51.5 Å². The van der Waals surface area contributed by atoms with E-state index in [2.05, 4.69) is 35.4 Å². The fraction of sp³-hybridized carbons (Fsp3) is 0.533. The molecule has 2 nitrogen and oxygen atoms in total. The summed E-state index contributed by atoms with van der Waals surface area (Å²) in [5.74, 6) is 1.18. The molecule has 1 atom stereocenters. The number of nitrogens with one attached hydrogen (secondary N) is 1.